The standard InChI is InChI=1S/C18H22FN3O2/c1-11(2)21-16-9-6-14(10-20-16)18(24)22-12(3)17(23)13-4-7-15(19)8-5-13/h4-12,17,23H,1-3H3,(H,20,21)(H,22,24)/t12-,17-/m1/s1. The summed E-state index contributed by atoms with van der Waals surface area (Å²) in [6, 6.07) is 8.67. The maximum Gasteiger partial charge on any atom is 0.253 e. The number of amides is 1. The van der Waals surface area contributed by atoms with Gasteiger partial charge in [0.15, 0.2) is 0 Å². The van der Waals surface area contributed by atoms with E-state index in [1.165, 1.54) is 30.5 Å². The molecule has 0 unspecified atom stereocenters. The third-order valence-corrected chi connectivity index (χ3v) is 3.51. The molecular weight excluding hydrogens is 309 g/mol. The first-order valence-corrected chi connectivity index (χ1v) is 7.84. The molecule has 0 radical (unpaired) electrons. The number of anilines is 1. The maximum absolute atomic E-state index is 12.9. The number of rotatable bonds is 6. The van der Waals surface area contributed by atoms with Gasteiger partial charge in [0.25, 0.3) is 5.91 Å². The van der Waals surface area contributed by atoms with E-state index in [1.807, 2.05) is 13.8 Å². The highest BCUT2D eigenvalue weighted by atomic mass is 19.1. The third kappa shape index (κ3) is 4.76. The Labute approximate surface area is 140 Å². The van der Waals surface area contributed by atoms with Crippen molar-refractivity contribution < 1.29 is 14.3 Å². The van der Waals surface area contributed by atoms with Crippen molar-refractivity contribution in [2.75, 3.05) is 5.32 Å². The van der Waals surface area contributed by atoms with Crippen LogP contribution in [0.1, 0.15) is 42.8 Å². The summed E-state index contributed by atoms with van der Waals surface area (Å²) in [4.78, 5) is 16.4. The van der Waals surface area contributed by atoms with Gasteiger partial charge in [0.2, 0.25) is 0 Å². The average molecular weight is 331 g/mol. The summed E-state index contributed by atoms with van der Waals surface area (Å²) in [5.41, 5.74) is 0.946. The average Bonchev–Trinajstić information content (AvgIpc) is 2.55. The zero-order chi connectivity index (χ0) is 17.7. The van der Waals surface area contributed by atoms with Gasteiger partial charge in [-0.05, 0) is 50.6 Å². The molecule has 0 saturated heterocycles. The molecular formula is C18H22FN3O2. The Bertz CT molecular complexity index is 672. The van der Waals surface area contributed by atoms with E-state index in [0.717, 1.165) is 0 Å². The van der Waals surface area contributed by atoms with Crippen LogP contribution in [0.25, 0.3) is 0 Å². The maximum atomic E-state index is 12.9. The zero-order valence-corrected chi connectivity index (χ0v) is 14.0. The van der Waals surface area contributed by atoms with Crippen LogP contribution >= 0.6 is 0 Å². The molecule has 0 aliphatic heterocycles. The van der Waals surface area contributed by atoms with Gasteiger partial charge in [-0.1, -0.05) is 12.1 Å². The molecule has 0 bridgehead atoms. The van der Waals surface area contributed by atoms with Crippen LogP contribution in [0.5, 0.6) is 0 Å². The second kappa shape index (κ2) is 7.88. The van der Waals surface area contributed by atoms with E-state index < -0.39 is 12.1 Å². The molecule has 5 nitrogen and oxygen atoms in total. The monoisotopic (exact) mass is 331 g/mol. The second-order valence-corrected chi connectivity index (χ2v) is 5.99. The predicted octanol–water partition coefficient (Wildman–Crippen LogP) is 2.89. The number of hydrogen-bond acceptors (Lipinski definition) is 4. The summed E-state index contributed by atoms with van der Waals surface area (Å²) in [5.74, 6) is -0.00276. The summed E-state index contributed by atoms with van der Waals surface area (Å²) < 4.78 is 12.9. The quantitative estimate of drug-likeness (QED) is 0.761. The van der Waals surface area contributed by atoms with Gasteiger partial charge >= 0.3 is 0 Å². The van der Waals surface area contributed by atoms with Gasteiger partial charge < -0.3 is 15.7 Å². The first-order valence-electron chi connectivity index (χ1n) is 7.84. The van der Waals surface area contributed by atoms with E-state index in [9.17, 15) is 14.3 Å². The molecule has 0 fully saturated rings. The molecule has 2 rings (SSSR count). The SMILES string of the molecule is CC(C)Nc1ccc(C(=O)N[C@H](C)[C@@H](O)c2ccc(F)cc2)cn1. The minimum atomic E-state index is -0.926. The lowest BCUT2D eigenvalue weighted by molar-refractivity contribution is 0.0851. The Morgan fingerprint density at radius 2 is 1.79 bits per heavy atom. The number of carbonyl (C=O) groups excluding carboxylic acids is 1. The van der Waals surface area contributed by atoms with E-state index in [2.05, 4.69) is 15.6 Å². The van der Waals surface area contributed by atoms with Crippen molar-refractivity contribution >= 4 is 11.7 Å². The van der Waals surface area contributed by atoms with Crippen LogP contribution in [0, 0.1) is 5.82 Å². The Morgan fingerprint density at radius 3 is 2.33 bits per heavy atom. The number of aliphatic hydroxyl groups excluding tert-OH is 1. The lowest BCUT2D eigenvalue weighted by Crippen LogP contribution is -2.37. The van der Waals surface area contributed by atoms with Crippen LogP contribution in [0.2, 0.25) is 0 Å². The Kier molecular flexibility index (Phi) is 5.87. The van der Waals surface area contributed by atoms with Crippen molar-refractivity contribution in [3.63, 3.8) is 0 Å². The molecule has 0 saturated carbocycles. The van der Waals surface area contributed by atoms with Crippen LogP contribution in [0.3, 0.4) is 0 Å². The van der Waals surface area contributed by atoms with E-state index in [-0.39, 0.29) is 17.8 Å². The smallest absolute Gasteiger partial charge is 0.253 e. The molecule has 6 heteroatoms. The van der Waals surface area contributed by atoms with E-state index in [0.29, 0.717) is 16.9 Å². The molecule has 0 aliphatic rings. The van der Waals surface area contributed by atoms with Gasteiger partial charge in [-0.15, -0.1) is 0 Å². The highest BCUT2D eigenvalue weighted by Gasteiger charge is 2.19. The lowest BCUT2D eigenvalue weighted by atomic mass is 10.0. The largest absolute Gasteiger partial charge is 0.386 e. The zero-order valence-electron chi connectivity index (χ0n) is 14.0. The van der Waals surface area contributed by atoms with Crippen molar-refractivity contribution in [2.24, 2.45) is 0 Å². The topological polar surface area (TPSA) is 74.2 Å². The van der Waals surface area contributed by atoms with Crippen LogP contribution in [0.15, 0.2) is 42.6 Å². The summed E-state index contributed by atoms with van der Waals surface area (Å²) in [6.07, 6.45) is 0.557. The van der Waals surface area contributed by atoms with Crippen LogP contribution in [-0.2, 0) is 0 Å². The van der Waals surface area contributed by atoms with Crippen LogP contribution in [-0.4, -0.2) is 28.1 Å². The van der Waals surface area contributed by atoms with Gasteiger partial charge in [0, 0.05) is 12.2 Å². The highest BCUT2D eigenvalue weighted by Crippen LogP contribution is 2.17. The summed E-state index contributed by atoms with van der Waals surface area (Å²) >= 11 is 0. The van der Waals surface area contributed by atoms with Crippen molar-refractivity contribution in [1.29, 1.82) is 0 Å². The van der Waals surface area contributed by atoms with E-state index >= 15 is 0 Å². The number of benzene rings is 1. The number of hydrogen-bond donors (Lipinski definition) is 3. The molecule has 2 atom stereocenters. The molecule has 1 heterocycles. The Balaban J connectivity index is 1.98. The van der Waals surface area contributed by atoms with Gasteiger partial charge in [0.1, 0.15) is 11.6 Å². The summed E-state index contributed by atoms with van der Waals surface area (Å²) in [6.45, 7) is 5.69. The third-order valence-electron chi connectivity index (χ3n) is 3.51. The fraction of sp³-hybridized carbons (Fsp3) is 0.333. The van der Waals surface area contributed by atoms with E-state index in [4.69, 9.17) is 0 Å². The van der Waals surface area contributed by atoms with Gasteiger partial charge in [-0.3, -0.25) is 4.79 Å². The molecule has 3 N–H and O–H groups in total. The second-order valence-electron chi connectivity index (χ2n) is 5.99. The first-order chi connectivity index (χ1) is 11.4. The number of carbonyl (C=O) groups is 1. The highest BCUT2D eigenvalue weighted by molar-refractivity contribution is 5.94. The number of aromatic nitrogens is 1. The lowest BCUT2D eigenvalue weighted by Gasteiger charge is -2.20. The minimum absolute atomic E-state index is 0.253. The van der Waals surface area contributed by atoms with Crippen LogP contribution in [0.4, 0.5) is 10.2 Å². The van der Waals surface area contributed by atoms with E-state index in [1.54, 1.807) is 19.1 Å². The van der Waals surface area contributed by atoms with Crippen molar-refractivity contribution in [2.45, 2.75) is 39.0 Å². The molecule has 0 aliphatic carbocycles. The fourth-order valence-electron chi connectivity index (χ4n) is 2.23. The minimum Gasteiger partial charge on any atom is -0.386 e. The molecule has 1 aromatic heterocycles. The van der Waals surface area contributed by atoms with Gasteiger partial charge in [-0.2, -0.15) is 0 Å². The Morgan fingerprint density at radius 1 is 1.12 bits per heavy atom. The number of nitrogens with one attached hydrogen (secondary N) is 2. The number of pyridine rings is 1. The van der Waals surface area contributed by atoms with Crippen LogP contribution < -0.4 is 10.6 Å². The Hall–Kier alpha value is -2.47. The molecule has 24 heavy (non-hydrogen) atoms. The fourth-order valence-corrected chi connectivity index (χ4v) is 2.23. The number of aliphatic hydroxyl groups is 1. The molecule has 1 aromatic carbocycles. The summed E-state index contributed by atoms with van der Waals surface area (Å²) in [5, 5.41) is 16.1. The molecule has 0 spiro atoms. The predicted molar refractivity (Wildman–Crippen MR) is 91.3 cm³/mol. The number of nitrogens with zero attached hydrogens (tertiary/aromatic N) is 1. The molecule has 1 amide bonds. The normalized spacial score (nSPS) is 13.4. The molecule has 128 valence electrons. The van der Waals surface area contributed by atoms with Crippen molar-refractivity contribution in [1.82, 2.24) is 10.3 Å². The van der Waals surface area contributed by atoms with Crippen molar-refractivity contribution in [3.05, 3.63) is 59.5 Å². The number of halogens is 1. The van der Waals surface area contributed by atoms with Crippen molar-refractivity contribution in [3.8, 4) is 0 Å². The molecule has 2 aromatic rings. The summed E-state index contributed by atoms with van der Waals surface area (Å²) in [7, 11) is 0. The van der Waals surface area contributed by atoms with Gasteiger partial charge in [0.05, 0.1) is 17.7 Å². The first kappa shape index (κ1) is 17.9. The van der Waals surface area contributed by atoms with Gasteiger partial charge in [-0.25, -0.2) is 9.37 Å².